The highest BCUT2D eigenvalue weighted by Crippen LogP contribution is 2.25. The zero-order valence-corrected chi connectivity index (χ0v) is 14.9. The SMILES string of the molecule is CCc1cccc(CC)c1NC(=O)[C@H]1CCCN(S(C)(=O)=O)C1. The van der Waals surface area contributed by atoms with E-state index in [-0.39, 0.29) is 18.4 Å². The smallest absolute Gasteiger partial charge is 0.228 e. The first-order valence-corrected chi connectivity index (χ1v) is 10.1. The lowest BCUT2D eigenvalue weighted by atomic mass is 9.97. The van der Waals surface area contributed by atoms with E-state index < -0.39 is 10.0 Å². The highest BCUT2D eigenvalue weighted by molar-refractivity contribution is 7.88. The van der Waals surface area contributed by atoms with Crippen molar-refractivity contribution < 1.29 is 13.2 Å². The Morgan fingerprint density at radius 3 is 2.39 bits per heavy atom. The van der Waals surface area contributed by atoms with Gasteiger partial charge in [-0.15, -0.1) is 0 Å². The van der Waals surface area contributed by atoms with E-state index in [9.17, 15) is 13.2 Å². The number of anilines is 1. The number of sulfonamides is 1. The van der Waals surface area contributed by atoms with Crippen LogP contribution in [0.25, 0.3) is 0 Å². The van der Waals surface area contributed by atoms with Crippen LogP contribution >= 0.6 is 0 Å². The van der Waals surface area contributed by atoms with Gasteiger partial charge in [-0.1, -0.05) is 32.0 Å². The molecule has 0 spiro atoms. The minimum absolute atomic E-state index is 0.0750. The first-order chi connectivity index (χ1) is 10.9. The van der Waals surface area contributed by atoms with E-state index >= 15 is 0 Å². The molecule has 0 saturated carbocycles. The van der Waals surface area contributed by atoms with Gasteiger partial charge in [0.05, 0.1) is 12.2 Å². The monoisotopic (exact) mass is 338 g/mol. The molecule has 0 aromatic heterocycles. The summed E-state index contributed by atoms with van der Waals surface area (Å²) in [5, 5.41) is 3.06. The quantitative estimate of drug-likeness (QED) is 0.896. The van der Waals surface area contributed by atoms with Crippen molar-refractivity contribution in [2.75, 3.05) is 24.7 Å². The molecule has 128 valence electrons. The van der Waals surface area contributed by atoms with Gasteiger partial charge in [-0.05, 0) is 36.8 Å². The van der Waals surface area contributed by atoms with Gasteiger partial charge in [0, 0.05) is 18.8 Å². The Morgan fingerprint density at radius 2 is 1.87 bits per heavy atom. The topological polar surface area (TPSA) is 66.5 Å². The minimum atomic E-state index is -3.24. The van der Waals surface area contributed by atoms with Gasteiger partial charge in [-0.2, -0.15) is 0 Å². The molecule has 2 rings (SSSR count). The van der Waals surface area contributed by atoms with Gasteiger partial charge in [0.1, 0.15) is 0 Å². The molecule has 1 fully saturated rings. The summed E-state index contributed by atoms with van der Waals surface area (Å²) in [6.07, 6.45) is 4.36. The van der Waals surface area contributed by atoms with Crippen molar-refractivity contribution in [3.05, 3.63) is 29.3 Å². The number of nitrogens with one attached hydrogen (secondary N) is 1. The van der Waals surface area contributed by atoms with E-state index in [1.54, 1.807) is 0 Å². The van der Waals surface area contributed by atoms with Gasteiger partial charge in [0.2, 0.25) is 15.9 Å². The number of para-hydroxylation sites is 1. The molecule has 23 heavy (non-hydrogen) atoms. The van der Waals surface area contributed by atoms with Crippen molar-refractivity contribution in [1.82, 2.24) is 4.31 Å². The number of amides is 1. The summed E-state index contributed by atoms with van der Waals surface area (Å²) in [4.78, 5) is 12.6. The number of benzene rings is 1. The number of carbonyl (C=O) groups is 1. The maximum atomic E-state index is 12.6. The molecule has 1 aliphatic rings. The standard InChI is InChI=1S/C17H26N2O3S/c1-4-13-8-6-9-14(5-2)16(13)18-17(20)15-10-7-11-19(12-15)23(3,21)22/h6,8-9,15H,4-5,7,10-12H2,1-3H3,(H,18,20)/t15-/m0/s1. The largest absolute Gasteiger partial charge is 0.325 e. The van der Waals surface area contributed by atoms with Crippen LogP contribution in [0.15, 0.2) is 18.2 Å². The van der Waals surface area contributed by atoms with E-state index in [1.165, 1.54) is 10.6 Å². The van der Waals surface area contributed by atoms with Gasteiger partial charge in [0.25, 0.3) is 0 Å². The van der Waals surface area contributed by atoms with Crippen LogP contribution in [0.1, 0.15) is 37.8 Å². The number of hydrogen-bond donors (Lipinski definition) is 1. The second-order valence-corrected chi connectivity index (χ2v) is 8.09. The normalized spacial score (nSPS) is 19.5. The molecule has 6 heteroatoms. The van der Waals surface area contributed by atoms with Gasteiger partial charge >= 0.3 is 0 Å². The summed E-state index contributed by atoms with van der Waals surface area (Å²) in [6.45, 7) is 4.92. The van der Waals surface area contributed by atoms with Crippen molar-refractivity contribution in [2.45, 2.75) is 39.5 Å². The maximum Gasteiger partial charge on any atom is 0.228 e. The first-order valence-electron chi connectivity index (χ1n) is 8.23. The Labute approximate surface area is 139 Å². The Morgan fingerprint density at radius 1 is 1.26 bits per heavy atom. The highest BCUT2D eigenvalue weighted by Gasteiger charge is 2.30. The van der Waals surface area contributed by atoms with Crippen LogP contribution in [-0.4, -0.2) is 38.0 Å². The number of carbonyl (C=O) groups excluding carboxylic acids is 1. The lowest BCUT2D eigenvalue weighted by molar-refractivity contribution is -0.120. The second-order valence-electron chi connectivity index (χ2n) is 6.11. The van der Waals surface area contributed by atoms with Crippen molar-refractivity contribution in [3.8, 4) is 0 Å². The fraction of sp³-hybridized carbons (Fsp3) is 0.588. The van der Waals surface area contributed by atoms with Gasteiger partial charge < -0.3 is 5.32 Å². The fourth-order valence-electron chi connectivity index (χ4n) is 3.09. The Bertz CT molecular complexity index is 648. The van der Waals surface area contributed by atoms with Crippen LogP contribution in [0.3, 0.4) is 0 Å². The molecule has 0 radical (unpaired) electrons. The predicted octanol–water partition coefficient (Wildman–Crippen LogP) is 2.42. The van der Waals surface area contributed by atoms with Crippen LogP contribution < -0.4 is 5.32 Å². The predicted molar refractivity (Wildman–Crippen MR) is 93.0 cm³/mol. The summed E-state index contributed by atoms with van der Waals surface area (Å²) < 4.78 is 24.8. The summed E-state index contributed by atoms with van der Waals surface area (Å²) in [7, 11) is -3.24. The molecule has 0 aliphatic carbocycles. The zero-order valence-electron chi connectivity index (χ0n) is 14.1. The Hall–Kier alpha value is -1.40. The fourth-order valence-corrected chi connectivity index (χ4v) is 4.00. The lowest BCUT2D eigenvalue weighted by Crippen LogP contribution is -2.43. The third-order valence-corrected chi connectivity index (χ3v) is 5.74. The molecule has 1 aromatic carbocycles. The average Bonchev–Trinajstić information content (AvgIpc) is 2.54. The third kappa shape index (κ3) is 4.32. The van der Waals surface area contributed by atoms with E-state index in [0.717, 1.165) is 42.5 Å². The molecule has 1 saturated heterocycles. The second kappa shape index (κ2) is 7.45. The molecule has 1 aromatic rings. The highest BCUT2D eigenvalue weighted by atomic mass is 32.2. The maximum absolute atomic E-state index is 12.6. The zero-order chi connectivity index (χ0) is 17.0. The minimum Gasteiger partial charge on any atom is -0.325 e. The number of rotatable bonds is 5. The Balaban J connectivity index is 2.16. The van der Waals surface area contributed by atoms with Gasteiger partial charge in [-0.25, -0.2) is 12.7 Å². The molecule has 1 atom stereocenters. The molecule has 1 amide bonds. The third-order valence-electron chi connectivity index (χ3n) is 4.47. The molecule has 0 bridgehead atoms. The molecular formula is C17H26N2O3S. The molecular weight excluding hydrogens is 312 g/mol. The van der Waals surface area contributed by atoms with Gasteiger partial charge in [-0.3, -0.25) is 4.79 Å². The molecule has 1 heterocycles. The number of hydrogen-bond acceptors (Lipinski definition) is 3. The molecule has 1 aliphatic heterocycles. The first kappa shape index (κ1) is 17.9. The molecule has 1 N–H and O–H groups in total. The van der Waals surface area contributed by atoms with Crippen molar-refractivity contribution in [1.29, 1.82) is 0 Å². The average molecular weight is 338 g/mol. The van der Waals surface area contributed by atoms with Crippen LogP contribution in [0.2, 0.25) is 0 Å². The number of piperidine rings is 1. The van der Waals surface area contributed by atoms with E-state index in [1.807, 2.05) is 18.2 Å². The summed E-state index contributed by atoms with van der Waals surface area (Å²) >= 11 is 0. The van der Waals surface area contributed by atoms with Crippen LogP contribution in [0.4, 0.5) is 5.69 Å². The summed E-state index contributed by atoms with van der Waals surface area (Å²) in [6, 6.07) is 6.07. The Kier molecular flexibility index (Phi) is 5.81. The van der Waals surface area contributed by atoms with Crippen molar-refractivity contribution in [3.63, 3.8) is 0 Å². The summed E-state index contributed by atoms with van der Waals surface area (Å²) in [5.74, 6) is -0.359. The molecule has 5 nitrogen and oxygen atoms in total. The van der Waals surface area contributed by atoms with Crippen molar-refractivity contribution in [2.24, 2.45) is 5.92 Å². The summed E-state index contributed by atoms with van der Waals surface area (Å²) in [5.41, 5.74) is 3.14. The number of nitrogens with zero attached hydrogens (tertiary/aromatic N) is 1. The van der Waals surface area contributed by atoms with Crippen molar-refractivity contribution >= 4 is 21.6 Å². The van der Waals surface area contributed by atoms with Gasteiger partial charge in [0.15, 0.2) is 0 Å². The van der Waals surface area contributed by atoms with E-state index in [0.29, 0.717) is 6.54 Å². The van der Waals surface area contributed by atoms with Crippen LogP contribution in [-0.2, 0) is 27.7 Å². The lowest BCUT2D eigenvalue weighted by Gasteiger charge is -2.30. The van der Waals surface area contributed by atoms with Crippen LogP contribution in [0.5, 0.6) is 0 Å². The van der Waals surface area contributed by atoms with E-state index in [4.69, 9.17) is 0 Å². The number of aryl methyl sites for hydroxylation is 2. The van der Waals surface area contributed by atoms with E-state index in [2.05, 4.69) is 19.2 Å². The van der Waals surface area contributed by atoms with Crippen LogP contribution in [0, 0.1) is 5.92 Å². The molecule has 0 unspecified atom stereocenters.